The first-order chi connectivity index (χ1) is 7.88. The minimum atomic E-state index is 0.453. The third-order valence-electron chi connectivity index (χ3n) is 2.71. The largest absolute Gasteiger partial charge is 0.309 e. The summed E-state index contributed by atoms with van der Waals surface area (Å²) in [5, 5.41) is 3.53. The molecule has 0 aliphatic carbocycles. The molecule has 1 nitrogen and oxygen atoms in total. The summed E-state index contributed by atoms with van der Waals surface area (Å²) in [5.41, 5.74) is 1.37. The maximum absolute atomic E-state index is 5.26. The van der Waals surface area contributed by atoms with Crippen LogP contribution < -0.4 is 5.32 Å². The Hall–Kier alpha value is -1.26. The zero-order valence-electron chi connectivity index (χ0n) is 10.1. The fourth-order valence-corrected chi connectivity index (χ4v) is 1.80. The Kier molecular flexibility index (Phi) is 6.37. The van der Waals surface area contributed by atoms with Gasteiger partial charge in [0.05, 0.1) is 0 Å². The van der Waals surface area contributed by atoms with Crippen LogP contribution in [0, 0.1) is 12.3 Å². The van der Waals surface area contributed by atoms with Crippen LogP contribution in [-0.4, -0.2) is 6.54 Å². The Bertz CT molecular complexity index is 310. The van der Waals surface area contributed by atoms with E-state index in [2.05, 4.69) is 48.5 Å². The number of rotatable bonds is 7. The predicted molar refractivity (Wildman–Crippen MR) is 70.2 cm³/mol. The smallest absolute Gasteiger partial charge is 0.0320 e. The van der Waals surface area contributed by atoms with Crippen LogP contribution >= 0.6 is 0 Å². The average Bonchev–Trinajstić information content (AvgIpc) is 2.35. The zero-order chi connectivity index (χ0) is 11.6. The first-order valence-electron chi connectivity index (χ1n) is 6.10. The molecule has 1 rings (SSSR count). The van der Waals surface area contributed by atoms with Crippen molar-refractivity contribution in [1.82, 2.24) is 5.32 Å². The molecule has 0 bridgehead atoms. The number of terminal acetylenes is 1. The minimum Gasteiger partial charge on any atom is -0.309 e. The van der Waals surface area contributed by atoms with Gasteiger partial charge in [0.25, 0.3) is 0 Å². The number of unbranched alkanes of at least 4 members (excludes halogenated alkanes) is 1. The highest BCUT2D eigenvalue weighted by atomic mass is 14.9. The van der Waals surface area contributed by atoms with Crippen LogP contribution in [0.15, 0.2) is 30.3 Å². The maximum atomic E-state index is 5.26. The van der Waals surface area contributed by atoms with Gasteiger partial charge in [-0.25, -0.2) is 0 Å². The minimum absolute atomic E-state index is 0.453. The SMILES string of the molecule is C#CCCNC(CCCC)c1ccccc1. The van der Waals surface area contributed by atoms with Crippen LogP contribution in [0.25, 0.3) is 0 Å². The van der Waals surface area contributed by atoms with Gasteiger partial charge in [-0.1, -0.05) is 50.1 Å². The van der Waals surface area contributed by atoms with Crippen LogP contribution in [0.5, 0.6) is 0 Å². The average molecular weight is 215 g/mol. The third kappa shape index (κ3) is 4.51. The van der Waals surface area contributed by atoms with Crippen molar-refractivity contribution < 1.29 is 0 Å². The van der Waals surface area contributed by atoms with Crippen molar-refractivity contribution in [2.45, 2.75) is 38.6 Å². The second kappa shape index (κ2) is 7.96. The number of hydrogen-bond donors (Lipinski definition) is 1. The Labute approximate surface area is 99.3 Å². The van der Waals surface area contributed by atoms with Crippen molar-refractivity contribution in [1.29, 1.82) is 0 Å². The van der Waals surface area contributed by atoms with Gasteiger partial charge in [-0.2, -0.15) is 0 Å². The molecule has 0 heterocycles. The van der Waals surface area contributed by atoms with Crippen LogP contribution in [0.4, 0.5) is 0 Å². The van der Waals surface area contributed by atoms with Crippen molar-refractivity contribution in [3.05, 3.63) is 35.9 Å². The molecule has 0 aliphatic rings. The van der Waals surface area contributed by atoms with E-state index in [-0.39, 0.29) is 0 Å². The molecule has 0 spiro atoms. The van der Waals surface area contributed by atoms with Crippen molar-refractivity contribution in [3.8, 4) is 12.3 Å². The Morgan fingerprint density at radius 1 is 1.31 bits per heavy atom. The molecule has 1 unspecified atom stereocenters. The van der Waals surface area contributed by atoms with Gasteiger partial charge in [-0.3, -0.25) is 0 Å². The van der Waals surface area contributed by atoms with Gasteiger partial charge in [0.2, 0.25) is 0 Å². The fourth-order valence-electron chi connectivity index (χ4n) is 1.80. The zero-order valence-corrected chi connectivity index (χ0v) is 10.1. The van der Waals surface area contributed by atoms with Crippen LogP contribution in [0.3, 0.4) is 0 Å². The Balaban J connectivity index is 2.53. The summed E-state index contributed by atoms with van der Waals surface area (Å²) in [6.07, 6.45) is 9.74. The second-order valence-corrected chi connectivity index (χ2v) is 4.01. The highest BCUT2D eigenvalue weighted by Gasteiger charge is 2.08. The number of benzene rings is 1. The van der Waals surface area contributed by atoms with Gasteiger partial charge in [-0.15, -0.1) is 12.3 Å². The summed E-state index contributed by atoms with van der Waals surface area (Å²) in [6, 6.07) is 11.1. The topological polar surface area (TPSA) is 12.0 Å². The molecular weight excluding hydrogens is 194 g/mol. The monoisotopic (exact) mass is 215 g/mol. The second-order valence-electron chi connectivity index (χ2n) is 4.01. The number of hydrogen-bond acceptors (Lipinski definition) is 1. The molecular formula is C15H21N. The molecule has 0 amide bonds. The summed E-state index contributed by atoms with van der Waals surface area (Å²) in [5.74, 6) is 2.67. The normalized spacial score (nSPS) is 12.0. The Morgan fingerprint density at radius 3 is 2.69 bits per heavy atom. The molecule has 0 saturated heterocycles. The molecule has 1 aromatic rings. The van der Waals surface area contributed by atoms with Crippen molar-refractivity contribution >= 4 is 0 Å². The van der Waals surface area contributed by atoms with E-state index in [1.54, 1.807) is 0 Å². The molecule has 0 aromatic heterocycles. The molecule has 1 atom stereocenters. The van der Waals surface area contributed by atoms with Crippen molar-refractivity contribution in [2.75, 3.05) is 6.54 Å². The van der Waals surface area contributed by atoms with Gasteiger partial charge in [0.1, 0.15) is 0 Å². The summed E-state index contributed by atoms with van der Waals surface area (Å²) in [6.45, 7) is 3.13. The standard InChI is InChI=1S/C15H21N/c1-3-5-12-15(16-13-6-4-2)14-10-8-7-9-11-14/h2,7-11,15-16H,3,5-6,12-13H2,1H3. The summed E-state index contributed by atoms with van der Waals surface area (Å²) in [4.78, 5) is 0. The molecule has 0 aliphatic heterocycles. The lowest BCUT2D eigenvalue weighted by Crippen LogP contribution is -2.22. The lowest BCUT2D eigenvalue weighted by molar-refractivity contribution is 0.488. The first-order valence-corrected chi connectivity index (χ1v) is 6.10. The summed E-state index contributed by atoms with van der Waals surface area (Å²) < 4.78 is 0. The van der Waals surface area contributed by atoms with E-state index in [1.807, 2.05) is 0 Å². The fraction of sp³-hybridized carbons (Fsp3) is 0.467. The van der Waals surface area contributed by atoms with E-state index in [4.69, 9.17) is 6.42 Å². The van der Waals surface area contributed by atoms with E-state index in [0.717, 1.165) is 13.0 Å². The molecule has 1 heteroatoms. The van der Waals surface area contributed by atoms with E-state index >= 15 is 0 Å². The van der Waals surface area contributed by atoms with E-state index in [1.165, 1.54) is 24.8 Å². The highest BCUT2D eigenvalue weighted by Crippen LogP contribution is 2.18. The van der Waals surface area contributed by atoms with E-state index in [0.29, 0.717) is 6.04 Å². The molecule has 86 valence electrons. The lowest BCUT2D eigenvalue weighted by atomic mass is 10.0. The molecule has 1 aromatic carbocycles. The van der Waals surface area contributed by atoms with Gasteiger partial charge in [0.15, 0.2) is 0 Å². The first kappa shape index (κ1) is 12.8. The molecule has 0 saturated carbocycles. The van der Waals surface area contributed by atoms with Crippen molar-refractivity contribution in [2.24, 2.45) is 0 Å². The molecule has 16 heavy (non-hydrogen) atoms. The lowest BCUT2D eigenvalue weighted by Gasteiger charge is -2.18. The molecule has 1 N–H and O–H groups in total. The maximum Gasteiger partial charge on any atom is 0.0320 e. The number of nitrogens with one attached hydrogen (secondary N) is 1. The predicted octanol–water partition coefficient (Wildman–Crippen LogP) is 3.53. The van der Waals surface area contributed by atoms with E-state index < -0.39 is 0 Å². The van der Waals surface area contributed by atoms with E-state index in [9.17, 15) is 0 Å². The highest BCUT2D eigenvalue weighted by molar-refractivity contribution is 5.18. The van der Waals surface area contributed by atoms with Crippen LogP contribution in [-0.2, 0) is 0 Å². The third-order valence-corrected chi connectivity index (χ3v) is 2.71. The van der Waals surface area contributed by atoms with Crippen molar-refractivity contribution in [3.63, 3.8) is 0 Å². The summed E-state index contributed by atoms with van der Waals surface area (Å²) in [7, 11) is 0. The molecule has 0 radical (unpaired) electrons. The van der Waals surface area contributed by atoms with Crippen LogP contribution in [0.2, 0.25) is 0 Å². The Morgan fingerprint density at radius 2 is 2.06 bits per heavy atom. The van der Waals surface area contributed by atoms with Gasteiger partial charge in [0, 0.05) is 19.0 Å². The summed E-state index contributed by atoms with van der Waals surface area (Å²) >= 11 is 0. The quantitative estimate of drug-likeness (QED) is 0.542. The van der Waals surface area contributed by atoms with Gasteiger partial charge < -0.3 is 5.32 Å². The molecule has 0 fully saturated rings. The van der Waals surface area contributed by atoms with Gasteiger partial charge in [-0.05, 0) is 12.0 Å². The van der Waals surface area contributed by atoms with Crippen LogP contribution in [0.1, 0.15) is 44.2 Å². The van der Waals surface area contributed by atoms with Gasteiger partial charge >= 0.3 is 0 Å².